The van der Waals surface area contributed by atoms with E-state index in [1.54, 1.807) is 36.3 Å². The molecule has 3 rings (SSSR count). The smallest absolute Gasteiger partial charge is 0.269 e. The Labute approximate surface area is 149 Å². The minimum Gasteiger partial charge on any atom is -0.497 e. The lowest BCUT2D eigenvalue weighted by Gasteiger charge is -2.17. The Morgan fingerprint density at radius 1 is 1.19 bits per heavy atom. The number of hydrogen-bond acceptors (Lipinski definition) is 5. The molecule has 1 fully saturated rings. The van der Waals surface area contributed by atoms with E-state index < -0.39 is 4.92 Å². The van der Waals surface area contributed by atoms with Gasteiger partial charge in [-0.05, 0) is 36.4 Å². The Morgan fingerprint density at radius 3 is 2.42 bits per heavy atom. The van der Waals surface area contributed by atoms with Crippen molar-refractivity contribution in [2.75, 3.05) is 18.6 Å². The first-order chi connectivity index (χ1) is 12.5. The van der Waals surface area contributed by atoms with Gasteiger partial charge in [0.25, 0.3) is 11.6 Å². The number of methoxy groups -OCH3 is 1. The number of amides is 2. The molecule has 2 amide bonds. The highest BCUT2D eigenvalue weighted by atomic mass is 16.6. The van der Waals surface area contributed by atoms with Crippen LogP contribution in [0, 0.1) is 10.1 Å². The van der Waals surface area contributed by atoms with E-state index >= 15 is 0 Å². The summed E-state index contributed by atoms with van der Waals surface area (Å²) in [6.45, 7) is 0.365. The van der Waals surface area contributed by atoms with E-state index in [9.17, 15) is 19.7 Å². The molecule has 8 nitrogen and oxygen atoms in total. The van der Waals surface area contributed by atoms with E-state index in [0.717, 1.165) is 5.69 Å². The molecule has 134 valence electrons. The van der Waals surface area contributed by atoms with Crippen LogP contribution in [0.15, 0.2) is 48.5 Å². The van der Waals surface area contributed by atoms with Crippen molar-refractivity contribution in [2.45, 2.75) is 12.5 Å². The van der Waals surface area contributed by atoms with Gasteiger partial charge in [0.1, 0.15) is 5.75 Å². The zero-order chi connectivity index (χ0) is 18.7. The zero-order valence-electron chi connectivity index (χ0n) is 14.0. The second-order valence-corrected chi connectivity index (χ2v) is 5.88. The quantitative estimate of drug-likeness (QED) is 0.654. The highest BCUT2D eigenvalue weighted by molar-refractivity contribution is 5.99. The van der Waals surface area contributed by atoms with Gasteiger partial charge in [0.15, 0.2) is 0 Å². The first kappa shape index (κ1) is 17.4. The highest BCUT2D eigenvalue weighted by Gasteiger charge is 2.31. The summed E-state index contributed by atoms with van der Waals surface area (Å²) in [7, 11) is 1.57. The van der Waals surface area contributed by atoms with Gasteiger partial charge in [0.2, 0.25) is 5.91 Å². The van der Waals surface area contributed by atoms with E-state index in [4.69, 9.17) is 4.74 Å². The fourth-order valence-electron chi connectivity index (χ4n) is 2.82. The van der Waals surface area contributed by atoms with Gasteiger partial charge in [-0.3, -0.25) is 19.7 Å². The summed E-state index contributed by atoms with van der Waals surface area (Å²) in [5, 5.41) is 13.5. The Morgan fingerprint density at radius 2 is 1.85 bits per heavy atom. The summed E-state index contributed by atoms with van der Waals surface area (Å²) in [4.78, 5) is 36.3. The summed E-state index contributed by atoms with van der Waals surface area (Å²) in [6.07, 6.45) is 0.199. The van der Waals surface area contributed by atoms with Crippen molar-refractivity contribution in [1.29, 1.82) is 0 Å². The maximum atomic E-state index is 12.3. The molecule has 1 heterocycles. The lowest BCUT2D eigenvalue weighted by molar-refractivity contribution is -0.384. The zero-order valence-corrected chi connectivity index (χ0v) is 14.0. The summed E-state index contributed by atoms with van der Waals surface area (Å²) in [5.41, 5.74) is 0.970. The normalized spacial score (nSPS) is 16.4. The van der Waals surface area contributed by atoms with Crippen molar-refractivity contribution >= 4 is 23.2 Å². The number of benzene rings is 2. The predicted molar refractivity (Wildman–Crippen MR) is 94.3 cm³/mol. The number of anilines is 1. The van der Waals surface area contributed by atoms with Crippen LogP contribution in [0.25, 0.3) is 0 Å². The van der Waals surface area contributed by atoms with Crippen molar-refractivity contribution in [2.24, 2.45) is 0 Å². The number of nitro groups is 1. The Hall–Kier alpha value is -3.42. The summed E-state index contributed by atoms with van der Waals surface area (Å²) >= 11 is 0. The first-order valence-electron chi connectivity index (χ1n) is 7.97. The molecule has 0 aromatic heterocycles. The second-order valence-electron chi connectivity index (χ2n) is 5.88. The summed E-state index contributed by atoms with van der Waals surface area (Å²) in [6, 6.07) is 12.1. The number of nitrogens with one attached hydrogen (secondary N) is 1. The van der Waals surface area contributed by atoms with Crippen LogP contribution in [-0.4, -0.2) is 36.4 Å². The van der Waals surface area contributed by atoms with Gasteiger partial charge in [0, 0.05) is 36.3 Å². The largest absolute Gasteiger partial charge is 0.497 e. The minimum atomic E-state index is -0.524. The Bertz CT molecular complexity index is 833. The molecule has 0 unspecified atom stereocenters. The fraction of sp³-hybridized carbons (Fsp3) is 0.222. The lowest BCUT2D eigenvalue weighted by Crippen LogP contribution is -2.37. The molecular weight excluding hydrogens is 338 g/mol. The van der Waals surface area contributed by atoms with Crippen molar-refractivity contribution < 1.29 is 19.2 Å². The van der Waals surface area contributed by atoms with Gasteiger partial charge >= 0.3 is 0 Å². The van der Waals surface area contributed by atoms with Gasteiger partial charge in [-0.2, -0.15) is 0 Å². The average Bonchev–Trinajstić information content (AvgIpc) is 3.02. The van der Waals surface area contributed by atoms with Gasteiger partial charge in [0.05, 0.1) is 18.1 Å². The van der Waals surface area contributed by atoms with Crippen molar-refractivity contribution in [3.63, 3.8) is 0 Å². The Balaban J connectivity index is 1.64. The van der Waals surface area contributed by atoms with Crippen LogP contribution in [0.3, 0.4) is 0 Å². The van der Waals surface area contributed by atoms with Crippen LogP contribution in [0.4, 0.5) is 11.4 Å². The topological polar surface area (TPSA) is 102 Å². The molecule has 1 N–H and O–H groups in total. The monoisotopic (exact) mass is 355 g/mol. The standard InChI is InChI=1S/C18H17N3O5/c1-26-16-8-6-14(7-9-16)20-11-13(10-17(20)22)19-18(23)12-2-4-15(5-3-12)21(24)25/h2-9,13H,10-11H2,1H3,(H,19,23)/t13-/m0/s1. The molecular formula is C18H17N3O5. The SMILES string of the molecule is COc1ccc(N2C[C@@H](NC(=O)c3ccc([N+](=O)[O-])cc3)CC2=O)cc1. The van der Waals surface area contributed by atoms with Gasteiger partial charge in [-0.25, -0.2) is 0 Å². The number of non-ortho nitro benzene ring substituents is 1. The van der Waals surface area contributed by atoms with Crippen molar-refractivity contribution in [3.05, 3.63) is 64.2 Å². The number of nitrogens with zero attached hydrogens (tertiary/aromatic N) is 2. The van der Waals surface area contributed by atoms with Gasteiger partial charge in [-0.15, -0.1) is 0 Å². The molecule has 2 aromatic rings. The molecule has 26 heavy (non-hydrogen) atoms. The van der Waals surface area contributed by atoms with E-state index in [-0.39, 0.29) is 30.0 Å². The maximum Gasteiger partial charge on any atom is 0.269 e. The summed E-state index contributed by atoms with van der Waals surface area (Å²) in [5.74, 6) is 0.252. The van der Waals surface area contributed by atoms with Gasteiger partial charge < -0.3 is 15.0 Å². The molecule has 8 heteroatoms. The van der Waals surface area contributed by atoms with Crippen LogP contribution in [0.5, 0.6) is 5.75 Å². The Kier molecular flexibility index (Phi) is 4.83. The predicted octanol–water partition coefficient (Wildman–Crippen LogP) is 2.14. The van der Waals surface area contributed by atoms with Gasteiger partial charge in [-0.1, -0.05) is 0 Å². The molecule has 0 spiro atoms. The molecule has 1 atom stereocenters. The van der Waals surface area contributed by atoms with E-state index in [1.807, 2.05) is 0 Å². The van der Waals surface area contributed by atoms with Crippen LogP contribution in [-0.2, 0) is 4.79 Å². The molecule has 1 aliphatic rings. The lowest BCUT2D eigenvalue weighted by atomic mass is 10.1. The third kappa shape index (κ3) is 3.64. The number of rotatable bonds is 5. The van der Waals surface area contributed by atoms with Crippen LogP contribution in [0.1, 0.15) is 16.8 Å². The third-order valence-electron chi connectivity index (χ3n) is 4.18. The minimum absolute atomic E-state index is 0.0795. The van der Waals surface area contributed by atoms with Crippen LogP contribution < -0.4 is 15.0 Å². The highest BCUT2D eigenvalue weighted by Crippen LogP contribution is 2.24. The number of ether oxygens (including phenoxy) is 1. The molecule has 0 saturated carbocycles. The average molecular weight is 355 g/mol. The molecule has 0 radical (unpaired) electrons. The number of nitro benzene ring substituents is 1. The molecule has 1 aliphatic heterocycles. The van der Waals surface area contributed by atoms with E-state index in [2.05, 4.69) is 5.32 Å². The second kappa shape index (κ2) is 7.22. The maximum absolute atomic E-state index is 12.3. The number of hydrogen-bond donors (Lipinski definition) is 1. The molecule has 2 aromatic carbocycles. The third-order valence-corrected chi connectivity index (χ3v) is 4.18. The molecule has 1 saturated heterocycles. The van der Waals surface area contributed by atoms with Crippen molar-refractivity contribution in [1.82, 2.24) is 5.32 Å². The number of carbonyl (C=O) groups excluding carboxylic acids is 2. The van der Waals surface area contributed by atoms with Crippen molar-refractivity contribution in [3.8, 4) is 5.75 Å². The van der Waals surface area contributed by atoms with Crippen LogP contribution >= 0.6 is 0 Å². The number of carbonyl (C=O) groups is 2. The summed E-state index contributed by atoms with van der Waals surface area (Å²) < 4.78 is 5.10. The first-order valence-corrected chi connectivity index (χ1v) is 7.97. The molecule has 0 aliphatic carbocycles. The van der Waals surface area contributed by atoms with E-state index in [1.165, 1.54) is 24.3 Å². The fourth-order valence-corrected chi connectivity index (χ4v) is 2.82. The van der Waals surface area contributed by atoms with Crippen LogP contribution in [0.2, 0.25) is 0 Å². The van der Waals surface area contributed by atoms with E-state index in [0.29, 0.717) is 17.9 Å². The molecule has 0 bridgehead atoms.